The van der Waals surface area contributed by atoms with E-state index in [9.17, 15) is 15.0 Å². The second-order valence-electron chi connectivity index (χ2n) is 9.00. The van der Waals surface area contributed by atoms with Crippen molar-refractivity contribution in [2.75, 3.05) is 13.2 Å². The Hall–Kier alpha value is -2.99. The van der Waals surface area contributed by atoms with E-state index in [2.05, 4.69) is 0 Å². The Bertz CT molecular complexity index is 1030. The summed E-state index contributed by atoms with van der Waals surface area (Å²) in [4.78, 5) is 11.7. The smallest absolute Gasteiger partial charge is 0.493 e. The van der Waals surface area contributed by atoms with Crippen LogP contribution in [0.5, 0.6) is 0 Å². The van der Waals surface area contributed by atoms with Crippen LogP contribution in [-0.2, 0) is 46.4 Å². The van der Waals surface area contributed by atoms with Crippen LogP contribution in [0.25, 0.3) is 0 Å². The first-order valence-corrected chi connectivity index (χ1v) is 12.2. The standard InChI is InChI=1S/C27H30O10/c28-13-20-24-25(37-27(30)36-24)22(29)26(34-20)35-23-19(33-15-18-9-5-2-6-10-18)11-12-32-21(23)16-31-14-17-7-3-1-4-8-17/h1-12,19-26,28-29H,13-16H2. The maximum absolute atomic E-state index is 11.7. The van der Waals surface area contributed by atoms with Crippen molar-refractivity contribution < 1.29 is 48.2 Å². The summed E-state index contributed by atoms with van der Waals surface area (Å²) in [6, 6.07) is 19.4. The number of fused-ring (bicyclic) bond motifs is 1. The van der Waals surface area contributed by atoms with Gasteiger partial charge >= 0.3 is 6.16 Å². The van der Waals surface area contributed by atoms with Crippen LogP contribution in [0, 0.1) is 0 Å². The zero-order chi connectivity index (χ0) is 25.6. The van der Waals surface area contributed by atoms with Gasteiger partial charge in [0.25, 0.3) is 0 Å². The van der Waals surface area contributed by atoms with Gasteiger partial charge in [0.15, 0.2) is 24.6 Å². The monoisotopic (exact) mass is 514 g/mol. The first kappa shape index (κ1) is 25.7. The molecule has 0 aliphatic carbocycles. The highest BCUT2D eigenvalue weighted by atomic mass is 16.8. The normalized spacial score (nSPS) is 32.8. The minimum Gasteiger partial charge on any atom is -0.493 e. The topological polar surface area (TPSA) is 122 Å². The molecule has 3 aliphatic rings. The second-order valence-corrected chi connectivity index (χ2v) is 9.00. The van der Waals surface area contributed by atoms with E-state index in [1.807, 2.05) is 60.7 Å². The largest absolute Gasteiger partial charge is 0.509 e. The molecule has 0 amide bonds. The van der Waals surface area contributed by atoms with Crippen LogP contribution in [0.4, 0.5) is 4.79 Å². The maximum atomic E-state index is 11.7. The molecule has 3 heterocycles. The van der Waals surface area contributed by atoms with Gasteiger partial charge in [-0.1, -0.05) is 60.7 Å². The van der Waals surface area contributed by atoms with Gasteiger partial charge in [-0.2, -0.15) is 0 Å². The van der Waals surface area contributed by atoms with Crippen LogP contribution < -0.4 is 0 Å². The van der Waals surface area contributed by atoms with E-state index in [0.717, 1.165) is 11.1 Å². The summed E-state index contributed by atoms with van der Waals surface area (Å²) >= 11 is 0. The summed E-state index contributed by atoms with van der Waals surface area (Å²) in [6.45, 7) is 0.407. The van der Waals surface area contributed by atoms with Gasteiger partial charge in [0, 0.05) is 0 Å². The molecule has 2 saturated heterocycles. The lowest BCUT2D eigenvalue weighted by atomic mass is 9.99. The fourth-order valence-corrected chi connectivity index (χ4v) is 4.54. The Morgan fingerprint density at radius 2 is 1.54 bits per heavy atom. The second kappa shape index (κ2) is 12.0. The number of carbonyl (C=O) groups excluding carboxylic acids is 1. The third kappa shape index (κ3) is 6.12. The predicted octanol–water partition coefficient (Wildman–Crippen LogP) is 2.07. The van der Waals surface area contributed by atoms with E-state index in [0.29, 0.717) is 13.2 Å². The van der Waals surface area contributed by atoms with Crippen molar-refractivity contribution in [1.82, 2.24) is 0 Å². The molecule has 0 spiro atoms. The Balaban J connectivity index is 1.30. The summed E-state index contributed by atoms with van der Waals surface area (Å²) in [7, 11) is 0. The molecule has 0 saturated carbocycles. The van der Waals surface area contributed by atoms with E-state index < -0.39 is 61.8 Å². The fourth-order valence-electron chi connectivity index (χ4n) is 4.54. The van der Waals surface area contributed by atoms with Crippen LogP contribution in [0.15, 0.2) is 73.0 Å². The molecule has 8 atom stereocenters. The van der Waals surface area contributed by atoms with Crippen LogP contribution in [-0.4, -0.2) is 78.6 Å². The summed E-state index contributed by atoms with van der Waals surface area (Å²) in [5, 5.41) is 20.7. The van der Waals surface area contributed by atoms with E-state index >= 15 is 0 Å². The molecule has 2 fully saturated rings. The van der Waals surface area contributed by atoms with Crippen LogP contribution >= 0.6 is 0 Å². The van der Waals surface area contributed by atoms with Gasteiger partial charge in [-0.3, -0.25) is 0 Å². The van der Waals surface area contributed by atoms with Gasteiger partial charge < -0.3 is 43.4 Å². The highest BCUT2D eigenvalue weighted by Crippen LogP contribution is 2.33. The average molecular weight is 515 g/mol. The van der Waals surface area contributed by atoms with E-state index in [1.165, 1.54) is 0 Å². The first-order valence-electron chi connectivity index (χ1n) is 12.2. The average Bonchev–Trinajstić information content (AvgIpc) is 3.33. The Morgan fingerprint density at radius 1 is 0.865 bits per heavy atom. The zero-order valence-corrected chi connectivity index (χ0v) is 20.0. The number of carbonyl (C=O) groups is 1. The third-order valence-electron chi connectivity index (χ3n) is 6.44. The molecule has 0 radical (unpaired) electrons. The van der Waals surface area contributed by atoms with E-state index in [4.69, 9.17) is 33.2 Å². The number of hydrogen-bond acceptors (Lipinski definition) is 10. The van der Waals surface area contributed by atoms with Crippen molar-refractivity contribution in [1.29, 1.82) is 0 Å². The molecule has 5 rings (SSSR count). The summed E-state index contributed by atoms with van der Waals surface area (Å²) in [6.07, 6.45) is -5.09. The lowest BCUT2D eigenvalue weighted by molar-refractivity contribution is -0.312. The molecule has 198 valence electrons. The molecular weight excluding hydrogens is 484 g/mol. The SMILES string of the molecule is O=C1OC2C(CO)OC(OC3C(OCc4ccccc4)C=COC3COCc3ccccc3)C(O)C2O1. The van der Waals surface area contributed by atoms with Crippen molar-refractivity contribution in [2.24, 2.45) is 0 Å². The lowest BCUT2D eigenvalue weighted by Gasteiger charge is -2.42. The summed E-state index contributed by atoms with van der Waals surface area (Å²) < 4.78 is 40.1. The fraction of sp³-hybridized carbons (Fsp3) is 0.444. The molecule has 0 aromatic heterocycles. The quantitative estimate of drug-likeness (QED) is 0.456. The molecule has 0 bridgehead atoms. The Labute approximate surface area is 214 Å². The van der Waals surface area contributed by atoms with Gasteiger partial charge in [0.05, 0.1) is 32.7 Å². The third-order valence-corrected chi connectivity index (χ3v) is 6.44. The molecule has 3 aliphatic heterocycles. The lowest BCUT2D eigenvalue weighted by Crippen LogP contribution is -2.60. The van der Waals surface area contributed by atoms with Gasteiger partial charge in [-0.25, -0.2) is 4.79 Å². The molecule has 8 unspecified atom stereocenters. The number of aliphatic hydroxyl groups excluding tert-OH is 2. The summed E-state index contributed by atoms with van der Waals surface area (Å²) in [5.74, 6) is 0. The Kier molecular flexibility index (Phi) is 8.34. The predicted molar refractivity (Wildman–Crippen MR) is 127 cm³/mol. The summed E-state index contributed by atoms with van der Waals surface area (Å²) in [5.41, 5.74) is 1.99. The highest BCUT2D eigenvalue weighted by molar-refractivity contribution is 5.63. The molecule has 2 aromatic carbocycles. The molecule has 10 heteroatoms. The van der Waals surface area contributed by atoms with E-state index in [-0.39, 0.29) is 6.61 Å². The molecule has 2 N–H and O–H groups in total. The number of rotatable bonds is 10. The Morgan fingerprint density at radius 3 is 2.24 bits per heavy atom. The number of aliphatic hydroxyl groups is 2. The molecular formula is C27H30O10. The van der Waals surface area contributed by atoms with E-state index in [1.54, 1.807) is 12.3 Å². The van der Waals surface area contributed by atoms with Gasteiger partial charge in [0.2, 0.25) is 0 Å². The van der Waals surface area contributed by atoms with Crippen molar-refractivity contribution in [3.05, 3.63) is 84.1 Å². The molecule has 10 nitrogen and oxygen atoms in total. The van der Waals surface area contributed by atoms with Crippen molar-refractivity contribution >= 4 is 6.16 Å². The number of benzene rings is 2. The maximum Gasteiger partial charge on any atom is 0.509 e. The van der Waals surface area contributed by atoms with Crippen molar-refractivity contribution in [2.45, 2.75) is 62.2 Å². The van der Waals surface area contributed by atoms with Crippen LogP contribution in [0.3, 0.4) is 0 Å². The molecule has 2 aromatic rings. The van der Waals surface area contributed by atoms with Gasteiger partial charge in [-0.15, -0.1) is 0 Å². The minimum atomic E-state index is -1.36. The van der Waals surface area contributed by atoms with Crippen LogP contribution in [0.2, 0.25) is 0 Å². The zero-order valence-electron chi connectivity index (χ0n) is 20.0. The van der Waals surface area contributed by atoms with Gasteiger partial charge in [-0.05, 0) is 17.2 Å². The number of ether oxygens (including phenoxy) is 7. The first-order chi connectivity index (χ1) is 18.1. The number of hydrogen-bond donors (Lipinski definition) is 2. The van der Waals surface area contributed by atoms with Crippen molar-refractivity contribution in [3.8, 4) is 0 Å². The molecule has 37 heavy (non-hydrogen) atoms. The highest BCUT2D eigenvalue weighted by Gasteiger charge is 2.55. The minimum absolute atomic E-state index is 0.172. The van der Waals surface area contributed by atoms with Crippen LogP contribution in [0.1, 0.15) is 11.1 Å². The van der Waals surface area contributed by atoms with Gasteiger partial charge in [0.1, 0.15) is 24.4 Å². The van der Waals surface area contributed by atoms with Crippen molar-refractivity contribution in [3.63, 3.8) is 0 Å².